The number of nitrogens with one attached hydrogen (secondary N) is 2. The van der Waals surface area contributed by atoms with Crippen LogP contribution in [-0.4, -0.2) is 21.0 Å². The summed E-state index contributed by atoms with van der Waals surface area (Å²) in [5.41, 5.74) is 3.81. The molecule has 0 amide bonds. The lowest BCUT2D eigenvalue weighted by Crippen LogP contribution is -2.47. The van der Waals surface area contributed by atoms with E-state index in [-0.39, 0.29) is 5.52 Å². The number of aromatic amines is 1. The molecule has 4 nitrogen and oxygen atoms in total. The highest BCUT2D eigenvalue weighted by Crippen LogP contribution is 2.46. The second-order valence-corrected chi connectivity index (χ2v) is 10.7. The molecule has 0 spiro atoms. The molecule has 3 fully saturated rings. The minimum absolute atomic E-state index is 0.255. The number of rotatable bonds is 4. The van der Waals surface area contributed by atoms with Crippen molar-refractivity contribution in [2.75, 3.05) is 5.32 Å². The number of halogens is 2. The van der Waals surface area contributed by atoms with Gasteiger partial charge in [-0.2, -0.15) is 0 Å². The second-order valence-electron chi connectivity index (χ2n) is 10.7. The standard InChI is InChI=1S/C31H28F2N4/c1-17-18-7-9-20(10-8-18)28(17)36-30-23-12-11-21(19-5-3-2-4-6-19)13-27(23)35-31(37-30)25-16-34-29-24(25)14-22(32)15-26(29)33/h2-6,11-18,20,28,34H,7-10H2,1H3,(H,35,36,37). The minimum Gasteiger partial charge on any atom is -0.366 e. The fourth-order valence-corrected chi connectivity index (χ4v) is 6.67. The number of aromatic nitrogens is 3. The SMILES string of the molecule is CC1C2CCC(CC2)C1Nc1nc(-c2c[nH]c3c(F)cc(F)cc23)nc2cc(-c3ccccc3)ccc12. The molecule has 0 saturated heterocycles. The zero-order valence-electron chi connectivity index (χ0n) is 20.6. The number of hydrogen-bond donors (Lipinski definition) is 2. The van der Waals surface area contributed by atoms with Gasteiger partial charge in [0, 0.05) is 34.6 Å². The van der Waals surface area contributed by atoms with E-state index in [0.717, 1.165) is 39.8 Å². The number of fused-ring (bicyclic) bond motifs is 5. The molecule has 2 heterocycles. The summed E-state index contributed by atoms with van der Waals surface area (Å²) in [6.07, 6.45) is 6.80. The third-order valence-electron chi connectivity index (χ3n) is 8.69. The lowest BCUT2D eigenvalue weighted by atomic mass is 9.62. The molecule has 5 aromatic rings. The van der Waals surface area contributed by atoms with Crippen molar-refractivity contribution in [1.29, 1.82) is 0 Å². The zero-order valence-corrected chi connectivity index (χ0v) is 20.6. The first kappa shape index (κ1) is 22.4. The second kappa shape index (κ2) is 8.65. The van der Waals surface area contributed by atoms with E-state index in [1.807, 2.05) is 18.2 Å². The van der Waals surface area contributed by atoms with Gasteiger partial charge < -0.3 is 10.3 Å². The van der Waals surface area contributed by atoms with Gasteiger partial charge in [0.2, 0.25) is 0 Å². The lowest BCUT2D eigenvalue weighted by molar-refractivity contribution is 0.0929. The highest BCUT2D eigenvalue weighted by atomic mass is 19.1. The first-order valence-corrected chi connectivity index (χ1v) is 13.2. The Morgan fingerprint density at radius 3 is 2.41 bits per heavy atom. The van der Waals surface area contributed by atoms with Crippen molar-refractivity contribution in [3.8, 4) is 22.5 Å². The van der Waals surface area contributed by atoms with Crippen LogP contribution in [0.1, 0.15) is 32.6 Å². The smallest absolute Gasteiger partial charge is 0.164 e. The maximum Gasteiger partial charge on any atom is 0.164 e. The van der Waals surface area contributed by atoms with E-state index in [9.17, 15) is 8.78 Å². The highest BCUT2D eigenvalue weighted by molar-refractivity contribution is 5.98. The van der Waals surface area contributed by atoms with Crippen LogP contribution in [0.4, 0.5) is 14.6 Å². The third-order valence-corrected chi connectivity index (χ3v) is 8.69. The molecular formula is C31H28F2N4. The molecule has 3 aliphatic rings. The third kappa shape index (κ3) is 3.78. The molecule has 2 aromatic heterocycles. The first-order valence-electron chi connectivity index (χ1n) is 13.2. The molecule has 2 unspecified atom stereocenters. The Balaban J connectivity index is 1.40. The first-order chi connectivity index (χ1) is 18.0. The molecule has 6 heteroatoms. The largest absolute Gasteiger partial charge is 0.366 e. The number of anilines is 1. The van der Waals surface area contributed by atoms with E-state index in [0.29, 0.717) is 34.7 Å². The summed E-state index contributed by atoms with van der Waals surface area (Å²) in [7, 11) is 0. The van der Waals surface area contributed by atoms with E-state index in [4.69, 9.17) is 9.97 Å². The molecule has 3 saturated carbocycles. The van der Waals surface area contributed by atoms with Gasteiger partial charge in [-0.15, -0.1) is 0 Å². The summed E-state index contributed by atoms with van der Waals surface area (Å²) in [6.45, 7) is 2.36. The Morgan fingerprint density at radius 2 is 1.62 bits per heavy atom. The monoisotopic (exact) mass is 494 g/mol. The van der Waals surface area contributed by atoms with Crippen LogP contribution in [0.25, 0.3) is 44.3 Å². The van der Waals surface area contributed by atoms with Crippen LogP contribution in [0.5, 0.6) is 0 Å². The molecule has 0 radical (unpaired) electrons. The molecule has 3 aromatic carbocycles. The fraction of sp³-hybridized carbons (Fsp3) is 0.290. The van der Waals surface area contributed by atoms with E-state index < -0.39 is 11.6 Å². The van der Waals surface area contributed by atoms with Crippen molar-refractivity contribution < 1.29 is 8.78 Å². The molecular weight excluding hydrogens is 466 g/mol. The highest BCUT2D eigenvalue weighted by Gasteiger charge is 2.41. The predicted octanol–water partition coefficient (Wildman–Crippen LogP) is 7.96. The summed E-state index contributed by atoms with van der Waals surface area (Å²) >= 11 is 0. The van der Waals surface area contributed by atoms with E-state index >= 15 is 0 Å². The number of hydrogen-bond acceptors (Lipinski definition) is 3. The number of nitrogens with zero attached hydrogens (tertiary/aromatic N) is 2. The van der Waals surface area contributed by atoms with E-state index in [2.05, 4.69) is 47.6 Å². The van der Waals surface area contributed by atoms with Crippen molar-refractivity contribution in [2.45, 2.75) is 38.6 Å². The van der Waals surface area contributed by atoms with Gasteiger partial charge in [0.1, 0.15) is 17.5 Å². The van der Waals surface area contributed by atoms with Crippen LogP contribution < -0.4 is 5.32 Å². The van der Waals surface area contributed by atoms with Gasteiger partial charge in [0.25, 0.3) is 0 Å². The summed E-state index contributed by atoms with van der Waals surface area (Å²) < 4.78 is 28.6. The van der Waals surface area contributed by atoms with Crippen molar-refractivity contribution >= 4 is 27.6 Å². The van der Waals surface area contributed by atoms with Crippen molar-refractivity contribution in [1.82, 2.24) is 15.0 Å². The Morgan fingerprint density at radius 1 is 0.838 bits per heavy atom. The van der Waals surface area contributed by atoms with E-state index in [1.54, 1.807) is 6.20 Å². The van der Waals surface area contributed by atoms with Gasteiger partial charge in [-0.05, 0) is 72.8 Å². The van der Waals surface area contributed by atoms with Crippen molar-refractivity contribution in [2.24, 2.45) is 17.8 Å². The zero-order chi connectivity index (χ0) is 25.1. The van der Waals surface area contributed by atoms with Gasteiger partial charge in [-0.25, -0.2) is 18.7 Å². The summed E-state index contributed by atoms with van der Waals surface area (Å²) in [5, 5.41) is 5.22. The Hall–Kier alpha value is -3.80. The van der Waals surface area contributed by atoms with E-state index in [1.165, 1.54) is 31.7 Å². The van der Waals surface area contributed by atoms with Gasteiger partial charge in [0.05, 0.1) is 11.0 Å². The number of benzene rings is 3. The van der Waals surface area contributed by atoms with Gasteiger partial charge in [0.15, 0.2) is 5.82 Å². The molecule has 3 aliphatic carbocycles. The van der Waals surface area contributed by atoms with Crippen LogP contribution in [-0.2, 0) is 0 Å². The lowest BCUT2D eigenvalue weighted by Gasteiger charge is -2.47. The van der Waals surface area contributed by atoms with Crippen molar-refractivity contribution in [3.05, 3.63) is 78.5 Å². The van der Waals surface area contributed by atoms with Crippen LogP contribution in [0.3, 0.4) is 0 Å². The quantitative estimate of drug-likeness (QED) is 0.266. The maximum absolute atomic E-state index is 14.5. The fourth-order valence-electron chi connectivity index (χ4n) is 6.67. The summed E-state index contributed by atoms with van der Waals surface area (Å²) in [4.78, 5) is 12.9. The topological polar surface area (TPSA) is 53.6 Å². The van der Waals surface area contributed by atoms with Gasteiger partial charge in [-0.3, -0.25) is 0 Å². The summed E-state index contributed by atoms with van der Waals surface area (Å²) in [6, 6.07) is 19.1. The minimum atomic E-state index is -0.626. The van der Waals surface area contributed by atoms with Crippen LogP contribution >= 0.6 is 0 Å². The molecule has 2 bridgehead atoms. The average Bonchev–Trinajstić information content (AvgIpc) is 3.35. The molecule has 186 valence electrons. The van der Waals surface area contributed by atoms with Crippen LogP contribution in [0.2, 0.25) is 0 Å². The summed E-state index contributed by atoms with van der Waals surface area (Å²) in [5.74, 6) is 1.94. The van der Waals surface area contributed by atoms with Crippen LogP contribution in [0.15, 0.2) is 66.9 Å². The average molecular weight is 495 g/mol. The normalized spacial score (nSPS) is 23.1. The van der Waals surface area contributed by atoms with Crippen LogP contribution in [0, 0.1) is 29.4 Å². The Labute approximate surface area is 214 Å². The molecule has 8 rings (SSSR count). The molecule has 2 N–H and O–H groups in total. The molecule has 37 heavy (non-hydrogen) atoms. The van der Waals surface area contributed by atoms with Crippen molar-refractivity contribution in [3.63, 3.8) is 0 Å². The Kier molecular flexibility index (Phi) is 5.24. The number of H-pyrrole nitrogens is 1. The predicted molar refractivity (Wildman–Crippen MR) is 144 cm³/mol. The Bertz CT molecular complexity index is 1620. The van der Waals surface area contributed by atoms with Gasteiger partial charge in [-0.1, -0.05) is 43.3 Å². The maximum atomic E-state index is 14.5. The molecule has 0 aliphatic heterocycles. The van der Waals surface area contributed by atoms with Gasteiger partial charge >= 0.3 is 0 Å². The molecule has 2 atom stereocenters.